The van der Waals surface area contributed by atoms with Crippen molar-refractivity contribution in [2.45, 2.75) is 37.6 Å². The molecule has 2 saturated heterocycles. The molecule has 1 N–H and O–H groups in total. The number of alkyl halides is 3. The molecule has 0 bridgehead atoms. The summed E-state index contributed by atoms with van der Waals surface area (Å²) < 4.78 is 43.7. The molecule has 0 aliphatic carbocycles. The molecule has 0 radical (unpaired) electrons. The monoisotopic (exact) mass is 453 g/mol. The maximum absolute atomic E-state index is 12.7. The zero-order valence-electron chi connectivity index (χ0n) is 17.2. The Labute approximate surface area is 182 Å². The van der Waals surface area contributed by atoms with Gasteiger partial charge in [-0.3, -0.25) is 9.78 Å². The second-order valence-corrected chi connectivity index (χ2v) is 7.64. The summed E-state index contributed by atoms with van der Waals surface area (Å²) in [6, 6.07) is 7.49. The number of halogens is 3. The first-order chi connectivity index (χ1) is 15.1. The summed E-state index contributed by atoms with van der Waals surface area (Å²) in [5, 5.41) is 7.12. The first-order valence-electron chi connectivity index (χ1n) is 9.81. The van der Waals surface area contributed by atoms with Crippen molar-refractivity contribution in [3.8, 4) is 5.88 Å². The van der Waals surface area contributed by atoms with Gasteiger partial charge in [-0.25, -0.2) is 9.78 Å². The molecule has 4 heterocycles. The smallest absolute Gasteiger partial charge is 0.475 e. The molecule has 1 spiro atoms. The van der Waals surface area contributed by atoms with Crippen molar-refractivity contribution in [2.24, 2.45) is 0 Å². The van der Waals surface area contributed by atoms with Crippen LogP contribution in [0.4, 0.5) is 13.2 Å². The average molecular weight is 453 g/mol. The van der Waals surface area contributed by atoms with Gasteiger partial charge in [0.05, 0.1) is 24.3 Å². The van der Waals surface area contributed by atoms with E-state index in [0.29, 0.717) is 31.1 Å². The molecule has 2 atom stereocenters. The highest BCUT2D eigenvalue weighted by atomic mass is 19.4. The Morgan fingerprint density at radius 1 is 1.31 bits per heavy atom. The SMILES string of the molecule is Cc1cncc(C(=O)N2CC[C@]3(C[C@H](Oc4ccccn4)CO3)C2)c1.O=C(O)C(F)(F)F. The van der Waals surface area contributed by atoms with E-state index in [1.165, 1.54) is 0 Å². The van der Waals surface area contributed by atoms with Crippen LogP contribution in [0, 0.1) is 6.92 Å². The number of hydrogen-bond donors (Lipinski definition) is 1. The van der Waals surface area contributed by atoms with Gasteiger partial charge in [0.25, 0.3) is 5.91 Å². The van der Waals surface area contributed by atoms with E-state index in [1.54, 1.807) is 18.6 Å². The summed E-state index contributed by atoms with van der Waals surface area (Å²) >= 11 is 0. The van der Waals surface area contributed by atoms with E-state index in [2.05, 4.69) is 9.97 Å². The van der Waals surface area contributed by atoms with E-state index >= 15 is 0 Å². The Bertz CT molecular complexity index is 957. The number of rotatable bonds is 3. The topological polar surface area (TPSA) is 102 Å². The van der Waals surface area contributed by atoms with Crippen LogP contribution in [0.25, 0.3) is 0 Å². The minimum absolute atomic E-state index is 0.0192. The van der Waals surface area contributed by atoms with Crippen LogP contribution in [-0.2, 0) is 9.53 Å². The Balaban J connectivity index is 0.000000360. The van der Waals surface area contributed by atoms with Gasteiger partial charge in [-0.2, -0.15) is 13.2 Å². The van der Waals surface area contributed by atoms with Gasteiger partial charge in [0, 0.05) is 37.6 Å². The van der Waals surface area contributed by atoms with E-state index in [4.69, 9.17) is 19.4 Å². The largest absolute Gasteiger partial charge is 0.490 e. The predicted molar refractivity (Wildman–Crippen MR) is 105 cm³/mol. The highest BCUT2D eigenvalue weighted by molar-refractivity contribution is 5.94. The number of pyridine rings is 2. The second kappa shape index (κ2) is 9.51. The molecule has 172 valence electrons. The van der Waals surface area contributed by atoms with Crippen molar-refractivity contribution in [3.63, 3.8) is 0 Å². The summed E-state index contributed by atoms with van der Waals surface area (Å²) in [6.07, 6.45) is 1.60. The fraction of sp³-hybridized carbons (Fsp3) is 0.429. The fourth-order valence-electron chi connectivity index (χ4n) is 3.62. The van der Waals surface area contributed by atoms with Crippen LogP contribution in [0.15, 0.2) is 42.9 Å². The number of carboxylic acids is 1. The molecule has 0 unspecified atom stereocenters. The standard InChI is InChI=1S/C19H21N3O3.C2HF3O2/c1-14-8-15(11-20-10-14)18(23)22-7-5-19(13-22)9-16(12-24-19)25-17-4-2-3-6-21-17;3-2(4,5)1(6)7/h2-4,6,8,10-11,16H,5,7,9,12-13H2,1H3;(H,6,7)/t16-,19-;/m0./s1. The molecule has 2 aliphatic rings. The highest BCUT2D eigenvalue weighted by Gasteiger charge is 2.47. The van der Waals surface area contributed by atoms with Crippen molar-refractivity contribution in [1.29, 1.82) is 0 Å². The summed E-state index contributed by atoms with van der Waals surface area (Å²) in [5.41, 5.74) is 1.32. The third-order valence-electron chi connectivity index (χ3n) is 5.07. The Morgan fingerprint density at radius 2 is 2.06 bits per heavy atom. The molecule has 1 amide bonds. The van der Waals surface area contributed by atoms with Crippen LogP contribution in [0.3, 0.4) is 0 Å². The lowest BCUT2D eigenvalue weighted by Crippen LogP contribution is -2.36. The van der Waals surface area contributed by atoms with E-state index in [1.807, 2.05) is 36.1 Å². The van der Waals surface area contributed by atoms with Crippen LogP contribution < -0.4 is 4.74 Å². The maximum atomic E-state index is 12.7. The van der Waals surface area contributed by atoms with Gasteiger partial charge in [0.1, 0.15) is 6.10 Å². The first-order valence-corrected chi connectivity index (χ1v) is 9.81. The zero-order valence-corrected chi connectivity index (χ0v) is 17.2. The predicted octanol–water partition coefficient (Wildman–Crippen LogP) is 2.87. The van der Waals surface area contributed by atoms with Crippen molar-refractivity contribution in [2.75, 3.05) is 19.7 Å². The number of likely N-dealkylation sites (tertiary alicyclic amines) is 1. The van der Waals surface area contributed by atoms with Crippen molar-refractivity contribution < 1.29 is 37.3 Å². The first kappa shape index (κ1) is 23.5. The van der Waals surface area contributed by atoms with Crippen LogP contribution >= 0.6 is 0 Å². The van der Waals surface area contributed by atoms with Gasteiger partial charge < -0.3 is 19.5 Å². The van der Waals surface area contributed by atoms with Gasteiger partial charge in [-0.05, 0) is 31.0 Å². The van der Waals surface area contributed by atoms with Gasteiger partial charge in [0.15, 0.2) is 0 Å². The molecule has 4 rings (SSSR count). The molecule has 2 fully saturated rings. The quantitative estimate of drug-likeness (QED) is 0.763. The molecule has 0 aromatic carbocycles. The lowest BCUT2D eigenvalue weighted by molar-refractivity contribution is -0.192. The van der Waals surface area contributed by atoms with Gasteiger partial charge in [-0.1, -0.05) is 6.07 Å². The summed E-state index contributed by atoms with van der Waals surface area (Å²) in [5.74, 6) is -2.12. The fourth-order valence-corrected chi connectivity index (χ4v) is 3.62. The minimum atomic E-state index is -5.08. The number of aliphatic carboxylic acids is 1. The van der Waals surface area contributed by atoms with Crippen molar-refractivity contribution >= 4 is 11.9 Å². The number of aryl methyl sites for hydroxylation is 1. The molecule has 8 nitrogen and oxygen atoms in total. The second-order valence-electron chi connectivity index (χ2n) is 7.64. The molecule has 2 aromatic heterocycles. The zero-order chi connectivity index (χ0) is 23.4. The number of ether oxygens (including phenoxy) is 2. The lowest BCUT2D eigenvalue weighted by atomic mass is 9.98. The van der Waals surface area contributed by atoms with E-state index in [-0.39, 0.29) is 17.6 Å². The van der Waals surface area contributed by atoms with E-state index in [0.717, 1.165) is 18.4 Å². The number of amides is 1. The van der Waals surface area contributed by atoms with Crippen LogP contribution in [0.1, 0.15) is 28.8 Å². The Kier molecular flexibility index (Phi) is 6.97. The number of carbonyl (C=O) groups is 2. The molecule has 0 saturated carbocycles. The number of carboxylic acid groups (broad SMARTS) is 1. The normalized spacial score (nSPS) is 22.4. The molecular weight excluding hydrogens is 431 g/mol. The van der Waals surface area contributed by atoms with Crippen molar-refractivity contribution in [3.05, 3.63) is 54.0 Å². The van der Waals surface area contributed by atoms with E-state index < -0.39 is 12.1 Å². The third-order valence-corrected chi connectivity index (χ3v) is 5.07. The Morgan fingerprint density at radius 3 is 2.69 bits per heavy atom. The van der Waals surface area contributed by atoms with Crippen LogP contribution in [0.5, 0.6) is 5.88 Å². The summed E-state index contributed by atoms with van der Waals surface area (Å²) in [7, 11) is 0. The van der Waals surface area contributed by atoms with Gasteiger partial charge >= 0.3 is 12.1 Å². The number of hydrogen-bond acceptors (Lipinski definition) is 6. The van der Waals surface area contributed by atoms with Gasteiger partial charge in [0.2, 0.25) is 5.88 Å². The molecule has 2 aromatic rings. The van der Waals surface area contributed by atoms with Crippen LogP contribution in [0.2, 0.25) is 0 Å². The third kappa shape index (κ3) is 5.94. The average Bonchev–Trinajstić information content (AvgIpc) is 3.34. The lowest BCUT2D eigenvalue weighted by Gasteiger charge is -2.23. The maximum Gasteiger partial charge on any atom is 0.490 e. The van der Waals surface area contributed by atoms with Crippen molar-refractivity contribution in [1.82, 2.24) is 14.9 Å². The highest BCUT2D eigenvalue weighted by Crippen LogP contribution is 2.36. The number of aromatic nitrogens is 2. The summed E-state index contributed by atoms with van der Waals surface area (Å²) in [6.45, 7) is 3.77. The van der Waals surface area contributed by atoms with Gasteiger partial charge in [-0.15, -0.1) is 0 Å². The summed E-state index contributed by atoms with van der Waals surface area (Å²) in [4.78, 5) is 31.8. The molecule has 11 heteroatoms. The Hall–Kier alpha value is -3.21. The number of carbonyl (C=O) groups excluding carboxylic acids is 1. The molecular formula is C21H22F3N3O5. The minimum Gasteiger partial charge on any atom is -0.475 e. The molecule has 32 heavy (non-hydrogen) atoms. The van der Waals surface area contributed by atoms with E-state index in [9.17, 15) is 18.0 Å². The molecule has 2 aliphatic heterocycles. The number of nitrogens with zero attached hydrogens (tertiary/aromatic N) is 3. The van der Waals surface area contributed by atoms with Crippen LogP contribution in [-0.4, -0.2) is 69.4 Å².